The number of hydrogen-bond donors (Lipinski definition) is 1. The van der Waals surface area contributed by atoms with Crippen LogP contribution >= 0.6 is 15.9 Å². The van der Waals surface area contributed by atoms with Crippen molar-refractivity contribution in [3.63, 3.8) is 0 Å². The number of hydrogen-bond acceptors (Lipinski definition) is 5. The van der Waals surface area contributed by atoms with Crippen LogP contribution in [0.1, 0.15) is 5.56 Å². The molecule has 0 aliphatic rings. The maximum Gasteiger partial charge on any atom is 0.239 e. The lowest BCUT2D eigenvalue weighted by Crippen LogP contribution is -2.41. The monoisotopic (exact) mass is 448 g/mol. The van der Waals surface area contributed by atoms with E-state index in [1.54, 1.807) is 36.2 Å². The van der Waals surface area contributed by atoms with Gasteiger partial charge in [0.15, 0.2) is 0 Å². The van der Waals surface area contributed by atoms with Gasteiger partial charge in [0.05, 0.1) is 19.6 Å². The largest absolute Gasteiger partial charge is 0.492 e. The zero-order valence-electron chi connectivity index (χ0n) is 16.3. The smallest absolute Gasteiger partial charge is 0.239 e. The fraction of sp³-hybridized carbons (Fsp3) is 0.350. The normalized spacial score (nSPS) is 10.6. The number of benzene rings is 1. The lowest BCUT2D eigenvalue weighted by atomic mass is 10.3. The molecule has 0 saturated carbocycles. The van der Waals surface area contributed by atoms with E-state index in [0.717, 1.165) is 15.8 Å². The van der Waals surface area contributed by atoms with Crippen molar-refractivity contribution in [1.29, 1.82) is 0 Å². The van der Waals surface area contributed by atoms with E-state index in [0.29, 0.717) is 19.0 Å². The topological polar surface area (TPSA) is 74.8 Å². The summed E-state index contributed by atoms with van der Waals surface area (Å²) >= 11 is 3.37. The number of anilines is 1. The van der Waals surface area contributed by atoms with Gasteiger partial charge in [-0.25, -0.2) is 4.98 Å². The highest BCUT2D eigenvalue weighted by Gasteiger charge is 2.14. The number of likely N-dealkylation sites (N-methyl/N-ethyl adjacent to an activating group) is 2. The molecule has 0 aliphatic carbocycles. The molecule has 1 aromatic carbocycles. The molecule has 2 rings (SSSR count). The molecule has 0 aliphatic heterocycles. The predicted molar refractivity (Wildman–Crippen MR) is 112 cm³/mol. The van der Waals surface area contributed by atoms with Crippen molar-refractivity contribution >= 4 is 33.6 Å². The molecule has 28 heavy (non-hydrogen) atoms. The second kappa shape index (κ2) is 10.8. The first-order valence-electron chi connectivity index (χ1n) is 8.87. The zero-order chi connectivity index (χ0) is 20.5. The number of nitrogens with zero attached hydrogens (tertiary/aromatic N) is 3. The Labute approximate surface area is 173 Å². The molecule has 0 atom stereocenters. The number of rotatable bonds is 9. The molecule has 150 valence electrons. The van der Waals surface area contributed by atoms with Crippen LogP contribution in [0.4, 0.5) is 5.82 Å². The molecule has 0 bridgehead atoms. The number of aryl methyl sites for hydroxylation is 1. The quantitative estimate of drug-likeness (QED) is 0.637. The molecule has 1 N–H and O–H groups in total. The second-order valence-corrected chi connectivity index (χ2v) is 7.47. The van der Waals surface area contributed by atoms with Crippen LogP contribution in [0.3, 0.4) is 0 Å². The molecule has 0 radical (unpaired) electrons. The van der Waals surface area contributed by atoms with E-state index in [4.69, 9.17) is 4.74 Å². The van der Waals surface area contributed by atoms with Crippen LogP contribution < -0.4 is 10.1 Å². The number of halogens is 1. The molecular weight excluding hydrogens is 424 g/mol. The van der Waals surface area contributed by atoms with Gasteiger partial charge >= 0.3 is 0 Å². The van der Waals surface area contributed by atoms with Crippen LogP contribution in [0.5, 0.6) is 5.75 Å². The van der Waals surface area contributed by atoms with Crippen molar-refractivity contribution in [3.05, 3.63) is 52.6 Å². The van der Waals surface area contributed by atoms with Crippen LogP contribution in [-0.2, 0) is 9.59 Å². The summed E-state index contributed by atoms with van der Waals surface area (Å²) in [7, 11) is 3.45. The van der Waals surface area contributed by atoms with Gasteiger partial charge in [0.2, 0.25) is 11.8 Å². The standard InChI is InChI=1S/C20H25BrN4O3/c1-15-4-9-18(22-12-15)23-19(26)13-24(2)14-20(27)25(3)10-11-28-17-7-5-16(21)6-8-17/h4-9,12H,10-11,13-14H2,1-3H3,(H,22,23,26). The van der Waals surface area contributed by atoms with Crippen molar-refractivity contribution in [1.82, 2.24) is 14.8 Å². The Balaban J connectivity index is 1.69. The van der Waals surface area contributed by atoms with Crippen LogP contribution in [0.15, 0.2) is 47.1 Å². The first kappa shape index (κ1) is 21.8. The Hall–Kier alpha value is -2.45. The lowest BCUT2D eigenvalue weighted by Gasteiger charge is -2.21. The number of nitrogens with one attached hydrogen (secondary N) is 1. The van der Waals surface area contributed by atoms with E-state index in [2.05, 4.69) is 26.2 Å². The van der Waals surface area contributed by atoms with Gasteiger partial charge < -0.3 is 15.0 Å². The van der Waals surface area contributed by atoms with Gasteiger partial charge in [-0.1, -0.05) is 22.0 Å². The third kappa shape index (κ3) is 7.66. The lowest BCUT2D eigenvalue weighted by molar-refractivity contribution is -0.131. The van der Waals surface area contributed by atoms with Crippen molar-refractivity contribution in [2.75, 3.05) is 45.7 Å². The zero-order valence-corrected chi connectivity index (χ0v) is 17.9. The highest BCUT2D eigenvalue weighted by molar-refractivity contribution is 9.10. The van der Waals surface area contributed by atoms with Gasteiger partial charge in [-0.05, 0) is 49.9 Å². The first-order valence-corrected chi connectivity index (χ1v) is 9.66. The van der Waals surface area contributed by atoms with E-state index in [9.17, 15) is 9.59 Å². The Morgan fingerprint density at radius 1 is 1.11 bits per heavy atom. The fourth-order valence-electron chi connectivity index (χ4n) is 2.33. The van der Waals surface area contributed by atoms with E-state index in [1.165, 1.54) is 0 Å². The van der Waals surface area contributed by atoms with Crippen molar-refractivity contribution in [2.24, 2.45) is 0 Å². The van der Waals surface area contributed by atoms with Gasteiger partial charge in [0, 0.05) is 17.7 Å². The third-order valence-corrected chi connectivity index (χ3v) is 4.46. The van der Waals surface area contributed by atoms with Crippen molar-refractivity contribution in [2.45, 2.75) is 6.92 Å². The van der Waals surface area contributed by atoms with Crippen LogP contribution in [0.2, 0.25) is 0 Å². The fourth-order valence-corrected chi connectivity index (χ4v) is 2.60. The van der Waals surface area contributed by atoms with Gasteiger partial charge in [0.1, 0.15) is 18.2 Å². The maximum atomic E-state index is 12.3. The minimum absolute atomic E-state index is 0.0804. The summed E-state index contributed by atoms with van der Waals surface area (Å²) in [4.78, 5) is 31.8. The molecule has 2 amide bonds. The number of pyridine rings is 1. The van der Waals surface area contributed by atoms with Gasteiger partial charge in [-0.2, -0.15) is 0 Å². The molecule has 0 saturated heterocycles. The summed E-state index contributed by atoms with van der Waals surface area (Å²) in [5.41, 5.74) is 1.02. The van der Waals surface area contributed by atoms with Crippen LogP contribution in [0, 0.1) is 6.92 Å². The molecule has 1 heterocycles. The predicted octanol–water partition coefficient (Wildman–Crippen LogP) is 2.56. The Morgan fingerprint density at radius 2 is 1.82 bits per heavy atom. The second-order valence-electron chi connectivity index (χ2n) is 6.56. The Bertz CT molecular complexity index is 781. The van der Waals surface area contributed by atoms with Crippen LogP contribution in [0.25, 0.3) is 0 Å². The summed E-state index contributed by atoms with van der Waals surface area (Å²) in [5, 5.41) is 2.72. The minimum Gasteiger partial charge on any atom is -0.492 e. The van der Waals surface area contributed by atoms with Crippen molar-refractivity contribution < 1.29 is 14.3 Å². The number of amides is 2. The molecule has 0 unspecified atom stereocenters. The number of ether oxygens (including phenoxy) is 1. The van der Waals surface area contributed by atoms with Gasteiger partial charge in [-0.3, -0.25) is 14.5 Å². The van der Waals surface area contributed by atoms with Gasteiger partial charge in [-0.15, -0.1) is 0 Å². The van der Waals surface area contributed by atoms with Crippen molar-refractivity contribution in [3.8, 4) is 5.75 Å². The summed E-state index contributed by atoms with van der Waals surface area (Å²) in [6, 6.07) is 11.1. The summed E-state index contributed by atoms with van der Waals surface area (Å²) in [6.07, 6.45) is 1.69. The van der Waals surface area contributed by atoms with Gasteiger partial charge in [0.25, 0.3) is 0 Å². The Morgan fingerprint density at radius 3 is 2.46 bits per heavy atom. The Kier molecular flexibility index (Phi) is 8.41. The van der Waals surface area contributed by atoms with E-state index < -0.39 is 0 Å². The van der Waals surface area contributed by atoms with Crippen LogP contribution in [-0.4, -0.2) is 66.9 Å². The maximum absolute atomic E-state index is 12.3. The molecule has 1 aromatic heterocycles. The molecule has 0 spiro atoms. The average Bonchev–Trinajstić information content (AvgIpc) is 2.65. The summed E-state index contributed by atoms with van der Waals surface area (Å²) in [5.74, 6) is 0.955. The molecular formula is C20H25BrN4O3. The van der Waals surface area contributed by atoms with E-state index in [-0.39, 0.29) is 24.9 Å². The highest BCUT2D eigenvalue weighted by atomic mass is 79.9. The average molecular weight is 449 g/mol. The van der Waals surface area contributed by atoms with E-state index >= 15 is 0 Å². The third-order valence-electron chi connectivity index (χ3n) is 3.93. The molecule has 8 heteroatoms. The van der Waals surface area contributed by atoms with E-state index in [1.807, 2.05) is 37.3 Å². The molecule has 7 nitrogen and oxygen atoms in total. The molecule has 2 aromatic rings. The number of carbonyl (C=O) groups excluding carboxylic acids is 2. The highest BCUT2D eigenvalue weighted by Crippen LogP contribution is 2.15. The summed E-state index contributed by atoms with van der Waals surface area (Å²) in [6.45, 7) is 3.03. The number of aromatic nitrogens is 1. The summed E-state index contributed by atoms with van der Waals surface area (Å²) < 4.78 is 6.61. The minimum atomic E-state index is -0.215. The first-order chi connectivity index (χ1) is 13.3. The SMILES string of the molecule is Cc1ccc(NC(=O)CN(C)CC(=O)N(C)CCOc2ccc(Br)cc2)nc1. The number of carbonyl (C=O) groups is 2. The molecule has 0 fully saturated rings.